The van der Waals surface area contributed by atoms with Crippen LogP contribution in [0.2, 0.25) is 0 Å². The number of ether oxygens (including phenoxy) is 1. The van der Waals surface area contributed by atoms with Crippen LogP contribution in [-0.2, 0) is 11.2 Å². The molecule has 0 fully saturated rings. The molecule has 3 N–H and O–H groups in total. The molecule has 0 aliphatic rings. The predicted molar refractivity (Wildman–Crippen MR) is 96.6 cm³/mol. The van der Waals surface area contributed by atoms with E-state index in [2.05, 4.69) is 50.9 Å². The summed E-state index contributed by atoms with van der Waals surface area (Å²) >= 11 is 1.69. The number of nitrogens with one attached hydrogen (secondary N) is 1. The zero-order valence-electron chi connectivity index (χ0n) is 14.7. The summed E-state index contributed by atoms with van der Waals surface area (Å²) in [4.78, 5) is 19.9. The first-order valence-electron chi connectivity index (χ1n) is 8.12. The van der Waals surface area contributed by atoms with E-state index < -0.39 is 6.09 Å². The van der Waals surface area contributed by atoms with Crippen LogP contribution in [0.4, 0.5) is 4.79 Å². The highest BCUT2D eigenvalue weighted by molar-refractivity contribution is 7.99. The maximum atomic E-state index is 10.6. The van der Waals surface area contributed by atoms with Gasteiger partial charge in [0, 0.05) is 11.3 Å². The lowest BCUT2D eigenvalue weighted by molar-refractivity contribution is 0.155. The van der Waals surface area contributed by atoms with Crippen LogP contribution < -0.4 is 5.73 Å². The Kier molecular flexibility index (Phi) is 6.31. The lowest BCUT2D eigenvalue weighted by Gasteiger charge is -2.07. The molecule has 1 aromatic carbocycles. The quantitative estimate of drug-likeness (QED) is 0.731. The van der Waals surface area contributed by atoms with Gasteiger partial charge >= 0.3 is 6.09 Å². The topological polar surface area (TPSA) is 81.0 Å². The number of H-pyrrole nitrogens is 1. The van der Waals surface area contributed by atoms with Crippen molar-refractivity contribution in [2.24, 2.45) is 5.73 Å². The monoisotopic (exact) mass is 347 g/mol. The Labute approximate surface area is 147 Å². The number of aromatic amines is 1. The van der Waals surface area contributed by atoms with Crippen molar-refractivity contribution in [2.75, 3.05) is 6.61 Å². The summed E-state index contributed by atoms with van der Waals surface area (Å²) in [6.45, 7) is 8.83. The number of aryl methyl sites for hydroxylation is 3. The largest absolute Gasteiger partial charge is 0.450 e. The molecule has 0 unspecified atom stereocenters. The molecule has 6 heteroatoms. The molecular formula is C18H25N3O2S. The number of rotatable bonds is 7. The molecule has 0 spiro atoms. The fourth-order valence-corrected chi connectivity index (χ4v) is 3.79. The number of imidazole rings is 1. The van der Waals surface area contributed by atoms with Gasteiger partial charge in [-0.25, -0.2) is 9.78 Å². The van der Waals surface area contributed by atoms with E-state index in [0.29, 0.717) is 18.9 Å². The van der Waals surface area contributed by atoms with Crippen molar-refractivity contribution in [3.63, 3.8) is 0 Å². The van der Waals surface area contributed by atoms with Crippen LogP contribution in [0.25, 0.3) is 0 Å². The Bertz CT molecular complexity index is 690. The van der Waals surface area contributed by atoms with Crippen LogP contribution in [0.3, 0.4) is 0 Å². The molecule has 2 rings (SSSR count). The van der Waals surface area contributed by atoms with Crippen LogP contribution in [0.5, 0.6) is 0 Å². The minimum atomic E-state index is -0.733. The average molecular weight is 347 g/mol. The van der Waals surface area contributed by atoms with Gasteiger partial charge in [0.05, 0.1) is 12.3 Å². The van der Waals surface area contributed by atoms with Crippen molar-refractivity contribution in [1.82, 2.24) is 9.97 Å². The third-order valence-corrected chi connectivity index (χ3v) is 4.51. The van der Waals surface area contributed by atoms with E-state index in [1.54, 1.807) is 11.8 Å². The fraction of sp³-hybridized carbons (Fsp3) is 0.444. The predicted octanol–water partition coefficient (Wildman–Crippen LogP) is 4.33. The Balaban J connectivity index is 2.11. The molecule has 0 radical (unpaired) electrons. The number of primary amides is 1. The van der Waals surface area contributed by atoms with Crippen molar-refractivity contribution < 1.29 is 9.53 Å². The number of aromatic nitrogens is 2. The van der Waals surface area contributed by atoms with Crippen molar-refractivity contribution in [3.8, 4) is 0 Å². The Morgan fingerprint density at radius 3 is 2.54 bits per heavy atom. The Morgan fingerprint density at radius 2 is 1.96 bits per heavy atom. The lowest BCUT2D eigenvalue weighted by atomic mass is 10.1. The highest BCUT2D eigenvalue weighted by Gasteiger charge is 2.15. The van der Waals surface area contributed by atoms with Gasteiger partial charge in [0.15, 0.2) is 0 Å². The van der Waals surface area contributed by atoms with Crippen molar-refractivity contribution in [2.45, 2.75) is 56.4 Å². The fourth-order valence-electron chi connectivity index (χ4n) is 2.52. The van der Waals surface area contributed by atoms with Gasteiger partial charge in [0.1, 0.15) is 10.9 Å². The van der Waals surface area contributed by atoms with Crippen molar-refractivity contribution >= 4 is 17.9 Å². The summed E-state index contributed by atoms with van der Waals surface area (Å²) < 4.78 is 4.76. The minimum Gasteiger partial charge on any atom is -0.450 e. The molecule has 2 aromatic rings. The van der Waals surface area contributed by atoms with E-state index in [1.165, 1.54) is 16.0 Å². The first-order chi connectivity index (χ1) is 11.3. The van der Waals surface area contributed by atoms with Crippen molar-refractivity contribution in [1.29, 1.82) is 0 Å². The highest BCUT2D eigenvalue weighted by atomic mass is 32.2. The summed E-state index contributed by atoms with van der Waals surface area (Å²) in [6, 6.07) is 6.52. The molecule has 1 heterocycles. The van der Waals surface area contributed by atoms with Gasteiger partial charge in [-0.05, 0) is 49.4 Å². The molecule has 0 aliphatic heterocycles. The number of carbonyl (C=O) groups excluding carboxylic acids is 1. The average Bonchev–Trinajstić information content (AvgIpc) is 2.85. The molecular weight excluding hydrogens is 322 g/mol. The van der Waals surface area contributed by atoms with E-state index in [-0.39, 0.29) is 0 Å². The Hall–Kier alpha value is -1.95. The van der Waals surface area contributed by atoms with E-state index in [1.807, 2.05) is 0 Å². The van der Waals surface area contributed by atoms with E-state index in [0.717, 1.165) is 23.0 Å². The second-order valence-electron chi connectivity index (χ2n) is 6.25. The molecule has 1 aromatic heterocycles. The molecule has 1 amide bonds. The van der Waals surface area contributed by atoms with Gasteiger partial charge in [-0.15, -0.1) is 0 Å². The smallest absolute Gasteiger partial charge is 0.404 e. The maximum Gasteiger partial charge on any atom is 0.404 e. The summed E-state index contributed by atoms with van der Waals surface area (Å²) in [6.07, 6.45) is 0.686. The van der Waals surface area contributed by atoms with Gasteiger partial charge < -0.3 is 15.5 Å². The second-order valence-corrected chi connectivity index (χ2v) is 7.32. The van der Waals surface area contributed by atoms with Crippen molar-refractivity contribution in [3.05, 3.63) is 40.8 Å². The van der Waals surface area contributed by atoms with Crippen LogP contribution in [0, 0.1) is 13.8 Å². The molecule has 0 atom stereocenters. The zero-order valence-corrected chi connectivity index (χ0v) is 15.5. The number of hydrogen-bond donors (Lipinski definition) is 2. The van der Waals surface area contributed by atoms with Crippen LogP contribution in [0.1, 0.15) is 48.8 Å². The third kappa shape index (κ3) is 5.30. The number of nitrogens with zero attached hydrogens (tertiary/aromatic N) is 1. The van der Waals surface area contributed by atoms with E-state index >= 15 is 0 Å². The van der Waals surface area contributed by atoms with Gasteiger partial charge in [-0.3, -0.25) is 0 Å². The van der Waals surface area contributed by atoms with Gasteiger partial charge in [0.2, 0.25) is 0 Å². The molecule has 0 aliphatic carbocycles. The number of benzene rings is 1. The molecule has 0 saturated carbocycles. The molecule has 130 valence electrons. The Morgan fingerprint density at radius 1 is 1.29 bits per heavy atom. The van der Waals surface area contributed by atoms with Crippen LogP contribution in [0.15, 0.2) is 28.1 Å². The number of hydrogen-bond acceptors (Lipinski definition) is 4. The normalized spacial score (nSPS) is 11.0. The summed E-state index contributed by atoms with van der Waals surface area (Å²) in [5.74, 6) is 1.28. The summed E-state index contributed by atoms with van der Waals surface area (Å²) in [5.41, 5.74) is 8.61. The zero-order chi connectivity index (χ0) is 17.7. The standard InChI is InChI=1S/C18H25N3O2S/c1-11(2)16-17(24-14-9-12(3)8-13(4)10-14)21-15(20-16)6-5-7-23-18(19)22/h8-11H,5-7H2,1-4H3,(H2,19,22)(H,20,21). The number of carbonyl (C=O) groups is 1. The summed E-state index contributed by atoms with van der Waals surface area (Å²) in [5, 5.41) is 1.01. The first kappa shape index (κ1) is 18.4. The van der Waals surface area contributed by atoms with Gasteiger partial charge in [0.25, 0.3) is 0 Å². The maximum absolute atomic E-state index is 10.6. The van der Waals surface area contributed by atoms with E-state index in [9.17, 15) is 4.79 Å². The molecule has 0 bridgehead atoms. The molecule has 24 heavy (non-hydrogen) atoms. The molecule has 0 saturated heterocycles. The van der Waals surface area contributed by atoms with Crippen LogP contribution >= 0.6 is 11.8 Å². The summed E-state index contributed by atoms with van der Waals surface area (Å²) in [7, 11) is 0. The number of nitrogens with two attached hydrogens (primary N) is 1. The first-order valence-corrected chi connectivity index (χ1v) is 8.94. The van der Waals surface area contributed by atoms with E-state index in [4.69, 9.17) is 15.5 Å². The SMILES string of the molecule is Cc1cc(C)cc(Sc2nc(CCCOC(N)=O)[nH]c2C(C)C)c1. The third-order valence-electron chi connectivity index (χ3n) is 3.54. The van der Waals surface area contributed by atoms with Gasteiger partial charge in [-0.1, -0.05) is 31.7 Å². The molecule has 5 nitrogen and oxygen atoms in total. The minimum absolute atomic E-state index is 0.312. The highest BCUT2D eigenvalue weighted by Crippen LogP contribution is 2.33. The lowest BCUT2D eigenvalue weighted by Crippen LogP contribution is -2.14. The van der Waals surface area contributed by atoms with Gasteiger partial charge in [-0.2, -0.15) is 0 Å². The van der Waals surface area contributed by atoms with Crippen LogP contribution in [-0.4, -0.2) is 22.7 Å². The second kappa shape index (κ2) is 8.24. The number of amides is 1.